The molecule has 0 aliphatic carbocycles. The fourth-order valence-corrected chi connectivity index (χ4v) is 1.40. The minimum Gasteiger partial charge on any atom is -0.491 e. The first-order chi connectivity index (χ1) is 9.08. The number of anilines is 1. The Hall–Kier alpha value is -2.04. The molecule has 1 aromatic rings. The van der Waals surface area contributed by atoms with E-state index in [1.165, 1.54) is 12.1 Å². The van der Waals surface area contributed by atoms with Gasteiger partial charge in [0.1, 0.15) is 0 Å². The Labute approximate surface area is 112 Å². The predicted octanol–water partition coefficient (Wildman–Crippen LogP) is 2.76. The molecule has 104 valence electrons. The molecule has 0 bridgehead atoms. The van der Waals surface area contributed by atoms with Crippen LogP contribution in [0.3, 0.4) is 0 Å². The summed E-state index contributed by atoms with van der Waals surface area (Å²) in [7, 11) is 0. The number of esters is 1. The molecule has 5 heteroatoms. The van der Waals surface area contributed by atoms with Gasteiger partial charge in [0.25, 0.3) is 0 Å². The largest absolute Gasteiger partial charge is 0.491 e. The third kappa shape index (κ3) is 4.62. The standard InChI is InChI=1S/C14H18FNO3/c1-4-18-13-7-6-11(8-12(13)15)16-9-10(3)14(17)19-5-2/h6-8,16H,3-5,9H2,1-2H3. The average Bonchev–Trinajstić information content (AvgIpc) is 2.39. The first kappa shape index (κ1) is 15.0. The SMILES string of the molecule is C=C(CNc1ccc(OCC)c(F)c1)C(=O)OCC. The molecular formula is C14H18FNO3. The number of nitrogens with one attached hydrogen (secondary N) is 1. The number of carbonyl (C=O) groups is 1. The molecule has 0 amide bonds. The summed E-state index contributed by atoms with van der Waals surface area (Å²) in [4.78, 5) is 11.3. The molecule has 0 saturated heterocycles. The Bertz CT molecular complexity index is 460. The highest BCUT2D eigenvalue weighted by Crippen LogP contribution is 2.21. The number of carbonyl (C=O) groups excluding carboxylic acids is 1. The Morgan fingerprint density at radius 1 is 1.37 bits per heavy atom. The van der Waals surface area contributed by atoms with E-state index in [4.69, 9.17) is 9.47 Å². The fourth-order valence-electron chi connectivity index (χ4n) is 1.40. The number of benzene rings is 1. The Kier molecular flexibility index (Phi) is 5.85. The summed E-state index contributed by atoms with van der Waals surface area (Å²) >= 11 is 0. The highest BCUT2D eigenvalue weighted by Gasteiger charge is 2.08. The molecule has 0 radical (unpaired) electrons. The van der Waals surface area contributed by atoms with Crippen molar-refractivity contribution >= 4 is 11.7 Å². The van der Waals surface area contributed by atoms with Gasteiger partial charge in [-0.05, 0) is 26.0 Å². The maximum Gasteiger partial charge on any atom is 0.335 e. The zero-order chi connectivity index (χ0) is 14.3. The van der Waals surface area contributed by atoms with E-state index in [9.17, 15) is 9.18 Å². The van der Waals surface area contributed by atoms with Gasteiger partial charge in [0.2, 0.25) is 0 Å². The molecule has 0 spiro atoms. The van der Waals surface area contributed by atoms with Crippen molar-refractivity contribution in [1.29, 1.82) is 0 Å². The fraction of sp³-hybridized carbons (Fsp3) is 0.357. The van der Waals surface area contributed by atoms with Crippen LogP contribution in [0.5, 0.6) is 5.75 Å². The molecule has 19 heavy (non-hydrogen) atoms. The van der Waals surface area contributed by atoms with Crippen molar-refractivity contribution < 1.29 is 18.7 Å². The summed E-state index contributed by atoms with van der Waals surface area (Å²) in [5, 5.41) is 2.90. The summed E-state index contributed by atoms with van der Waals surface area (Å²) in [6, 6.07) is 4.52. The van der Waals surface area contributed by atoms with E-state index in [2.05, 4.69) is 11.9 Å². The third-order valence-corrected chi connectivity index (χ3v) is 2.30. The van der Waals surface area contributed by atoms with Gasteiger partial charge in [-0.25, -0.2) is 9.18 Å². The van der Waals surface area contributed by atoms with E-state index < -0.39 is 11.8 Å². The van der Waals surface area contributed by atoms with Gasteiger partial charge in [-0.15, -0.1) is 0 Å². The van der Waals surface area contributed by atoms with Crippen molar-refractivity contribution in [2.45, 2.75) is 13.8 Å². The van der Waals surface area contributed by atoms with Crippen molar-refractivity contribution in [2.24, 2.45) is 0 Å². The molecule has 0 aliphatic rings. The molecule has 0 heterocycles. The normalized spacial score (nSPS) is 9.84. The minimum absolute atomic E-state index is 0.201. The van der Waals surface area contributed by atoms with Crippen LogP contribution in [0, 0.1) is 5.82 Å². The lowest BCUT2D eigenvalue weighted by Crippen LogP contribution is -2.14. The van der Waals surface area contributed by atoms with Crippen molar-refractivity contribution in [1.82, 2.24) is 0 Å². The molecular weight excluding hydrogens is 249 g/mol. The molecule has 1 rings (SSSR count). The molecule has 1 aromatic carbocycles. The molecule has 0 saturated carbocycles. The third-order valence-electron chi connectivity index (χ3n) is 2.30. The van der Waals surface area contributed by atoms with Gasteiger partial charge < -0.3 is 14.8 Å². The zero-order valence-corrected chi connectivity index (χ0v) is 11.2. The second-order valence-electron chi connectivity index (χ2n) is 3.76. The van der Waals surface area contributed by atoms with Crippen LogP contribution in [0.1, 0.15) is 13.8 Å². The minimum atomic E-state index is -0.457. The molecule has 0 aliphatic heterocycles. The van der Waals surface area contributed by atoms with Crippen LogP contribution < -0.4 is 10.1 Å². The van der Waals surface area contributed by atoms with Gasteiger partial charge in [0.05, 0.1) is 13.2 Å². The summed E-state index contributed by atoms with van der Waals surface area (Å²) in [6.45, 7) is 8.02. The number of rotatable bonds is 7. The second-order valence-corrected chi connectivity index (χ2v) is 3.76. The zero-order valence-electron chi connectivity index (χ0n) is 11.2. The number of hydrogen-bond acceptors (Lipinski definition) is 4. The highest BCUT2D eigenvalue weighted by atomic mass is 19.1. The van der Waals surface area contributed by atoms with Gasteiger partial charge in [0, 0.05) is 23.9 Å². The van der Waals surface area contributed by atoms with Gasteiger partial charge in [-0.3, -0.25) is 0 Å². The number of halogens is 1. The van der Waals surface area contributed by atoms with E-state index in [-0.39, 0.29) is 17.9 Å². The average molecular weight is 267 g/mol. The van der Waals surface area contributed by atoms with Crippen molar-refractivity contribution in [2.75, 3.05) is 25.1 Å². The molecule has 1 N–H and O–H groups in total. The summed E-state index contributed by atoms with van der Waals surface area (Å²) < 4.78 is 23.4. The van der Waals surface area contributed by atoms with Crippen LogP contribution >= 0.6 is 0 Å². The maximum absolute atomic E-state index is 13.6. The molecule has 0 atom stereocenters. The van der Waals surface area contributed by atoms with E-state index in [1.54, 1.807) is 19.9 Å². The van der Waals surface area contributed by atoms with Crippen LogP contribution in [0.25, 0.3) is 0 Å². The lowest BCUT2D eigenvalue weighted by Gasteiger charge is -2.10. The van der Waals surface area contributed by atoms with Gasteiger partial charge in [-0.2, -0.15) is 0 Å². The van der Waals surface area contributed by atoms with Crippen LogP contribution in [0.4, 0.5) is 10.1 Å². The van der Waals surface area contributed by atoms with Gasteiger partial charge in [0.15, 0.2) is 11.6 Å². The molecule has 4 nitrogen and oxygen atoms in total. The topological polar surface area (TPSA) is 47.6 Å². The Morgan fingerprint density at radius 3 is 2.68 bits per heavy atom. The smallest absolute Gasteiger partial charge is 0.335 e. The monoisotopic (exact) mass is 267 g/mol. The first-order valence-corrected chi connectivity index (χ1v) is 6.09. The first-order valence-electron chi connectivity index (χ1n) is 6.09. The van der Waals surface area contributed by atoms with Crippen molar-refractivity contribution in [3.63, 3.8) is 0 Å². The van der Waals surface area contributed by atoms with Crippen LogP contribution in [-0.2, 0) is 9.53 Å². The highest BCUT2D eigenvalue weighted by molar-refractivity contribution is 5.88. The number of ether oxygens (including phenoxy) is 2. The van der Waals surface area contributed by atoms with Gasteiger partial charge >= 0.3 is 5.97 Å². The Balaban J connectivity index is 2.56. The molecule has 0 fully saturated rings. The maximum atomic E-state index is 13.6. The van der Waals surface area contributed by atoms with Crippen LogP contribution in [0.2, 0.25) is 0 Å². The van der Waals surface area contributed by atoms with Crippen LogP contribution in [0.15, 0.2) is 30.4 Å². The Morgan fingerprint density at radius 2 is 2.11 bits per heavy atom. The van der Waals surface area contributed by atoms with E-state index in [0.717, 1.165) is 0 Å². The summed E-state index contributed by atoms with van der Waals surface area (Å²) in [5.74, 6) is -0.702. The second kappa shape index (κ2) is 7.41. The van der Waals surface area contributed by atoms with Crippen molar-refractivity contribution in [3.05, 3.63) is 36.2 Å². The molecule has 0 aromatic heterocycles. The quantitative estimate of drug-likeness (QED) is 0.609. The summed E-state index contributed by atoms with van der Waals surface area (Å²) in [5.41, 5.74) is 0.836. The number of hydrogen-bond donors (Lipinski definition) is 1. The van der Waals surface area contributed by atoms with Crippen molar-refractivity contribution in [3.8, 4) is 5.75 Å². The van der Waals surface area contributed by atoms with Crippen LogP contribution in [-0.4, -0.2) is 25.7 Å². The van der Waals surface area contributed by atoms with Gasteiger partial charge in [-0.1, -0.05) is 6.58 Å². The lowest BCUT2D eigenvalue weighted by molar-refractivity contribution is -0.138. The van der Waals surface area contributed by atoms with E-state index >= 15 is 0 Å². The molecule has 0 unspecified atom stereocenters. The summed E-state index contributed by atoms with van der Waals surface area (Å²) in [6.07, 6.45) is 0. The van der Waals surface area contributed by atoms with E-state index in [1.807, 2.05) is 0 Å². The predicted molar refractivity (Wildman–Crippen MR) is 71.8 cm³/mol. The lowest BCUT2D eigenvalue weighted by atomic mass is 10.2. The van der Waals surface area contributed by atoms with E-state index in [0.29, 0.717) is 18.9 Å².